The molecule has 0 saturated heterocycles. The Labute approximate surface area is 138 Å². The fourth-order valence-electron chi connectivity index (χ4n) is 1.78. The van der Waals surface area contributed by atoms with Gasteiger partial charge in [-0.25, -0.2) is 4.79 Å². The van der Waals surface area contributed by atoms with E-state index < -0.39 is 18.5 Å². The maximum Gasteiger partial charge on any atom is 0.340 e. The number of aryl methyl sites for hydroxylation is 1. The zero-order valence-electron chi connectivity index (χ0n) is 11.7. The molecule has 6 heteroatoms. The Kier molecular flexibility index (Phi) is 5.41. The topological polar surface area (TPSA) is 55.4 Å². The molecule has 4 nitrogen and oxygen atoms in total. The normalized spacial score (nSPS) is 10.1. The molecule has 0 aromatic heterocycles. The van der Waals surface area contributed by atoms with E-state index in [0.29, 0.717) is 10.7 Å². The second-order valence-electron chi connectivity index (χ2n) is 4.62. The van der Waals surface area contributed by atoms with Crippen LogP contribution in [0.3, 0.4) is 0 Å². The van der Waals surface area contributed by atoms with Crippen LogP contribution in [0.5, 0.6) is 0 Å². The summed E-state index contributed by atoms with van der Waals surface area (Å²) in [6.07, 6.45) is 0. The van der Waals surface area contributed by atoms with Gasteiger partial charge in [-0.15, -0.1) is 0 Å². The van der Waals surface area contributed by atoms with Crippen molar-refractivity contribution < 1.29 is 14.3 Å². The van der Waals surface area contributed by atoms with Gasteiger partial charge in [-0.05, 0) is 42.8 Å². The van der Waals surface area contributed by atoms with Gasteiger partial charge in [0.1, 0.15) is 0 Å². The molecule has 0 aliphatic heterocycles. The minimum atomic E-state index is -0.702. The second-order valence-corrected chi connectivity index (χ2v) is 5.46. The number of carbonyl (C=O) groups excluding carboxylic acids is 2. The van der Waals surface area contributed by atoms with Crippen molar-refractivity contribution in [2.75, 3.05) is 11.9 Å². The van der Waals surface area contributed by atoms with Gasteiger partial charge >= 0.3 is 5.97 Å². The molecule has 0 radical (unpaired) electrons. The third kappa shape index (κ3) is 4.48. The highest BCUT2D eigenvalue weighted by Gasteiger charge is 2.14. The van der Waals surface area contributed by atoms with Gasteiger partial charge in [-0.2, -0.15) is 0 Å². The van der Waals surface area contributed by atoms with Crippen LogP contribution in [0, 0.1) is 6.92 Å². The van der Waals surface area contributed by atoms with Gasteiger partial charge in [0.15, 0.2) is 6.61 Å². The predicted octanol–water partition coefficient (Wildman–Crippen LogP) is 4.10. The molecule has 22 heavy (non-hydrogen) atoms. The fraction of sp³-hybridized carbons (Fsp3) is 0.125. The van der Waals surface area contributed by atoms with Crippen molar-refractivity contribution in [2.45, 2.75) is 6.92 Å². The molecule has 0 aliphatic carbocycles. The summed E-state index contributed by atoms with van der Waals surface area (Å²) in [5.41, 5.74) is 1.78. The second kappa shape index (κ2) is 7.29. The molecular formula is C16H13Cl2NO3. The number of halogens is 2. The van der Waals surface area contributed by atoms with Gasteiger partial charge in [0.25, 0.3) is 5.91 Å². The van der Waals surface area contributed by atoms with Crippen LogP contribution in [0.25, 0.3) is 0 Å². The smallest absolute Gasteiger partial charge is 0.340 e. The highest BCUT2D eigenvalue weighted by Crippen LogP contribution is 2.21. The standard InChI is InChI=1S/C16H13Cl2NO3/c1-10-3-2-4-12(7-10)19-15(20)9-22-16(21)13-8-11(17)5-6-14(13)18/h2-8H,9H2,1H3,(H,19,20). The third-order valence-corrected chi connectivity index (χ3v) is 3.35. The Morgan fingerprint density at radius 1 is 1.14 bits per heavy atom. The molecule has 0 saturated carbocycles. The van der Waals surface area contributed by atoms with Gasteiger partial charge < -0.3 is 10.1 Å². The van der Waals surface area contributed by atoms with Crippen LogP contribution in [0.4, 0.5) is 5.69 Å². The number of carbonyl (C=O) groups is 2. The summed E-state index contributed by atoms with van der Waals surface area (Å²) >= 11 is 11.7. The number of esters is 1. The quantitative estimate of drug-likeness (QED) is 0.854. The van der Waals surface area contributed by atoms with Gasteiger partial charge in [0.05, 0.1) is 10.6 Å². The van der Waals surface area contributed by atoms with Crippen molar-refractivity contribution in [3.8, 4) is 0 Å². The Morgan fingerprint density at radius 3 is 2.64 bits per heavy atom. The lowest BCUT2D eigenvalue weighted by atomic mass is 10.2. The Balaban J connectivity index is 1.93. The molecule has 1 amide bonds. The minimum Gasteiger partial charge on any atom is -0.452 e. The van der Waals surface area contributed by atoms with E-state index in [-0.39, 0.29) is 10.6 Å². The Bertz CT molecular complexity index is 716. The first-order chi connectivity index (χ1) is 10.5. The lowest BCUT2D eigenvalue weighted by molar-refractivity contribution is -0.119. The van der Waals surface area contributed by atoms with Crippen molar-refractivity contribution in [3.05, 3.63) is 63.6 Å². The molecule has 2 rings (SSSR count). The number of amides is 1. The monoisotopic (exact) mass is 337 g/mol. The zero-order valence-corrected chi connectivity index (χ0v) is 13.2. The summed E-state index contributed by atoms with van der Waals surface area (Å²) in [7, 11) is 0. The van der Waals surface area contributed by atoms with Crippen LogP contribution in [-0.4, -0.2) is 18.5 Å². The summed E-state index contributed by atoms with van der Waals surface area (Å²) in [4.78, 5) is 23.6. The molecule has 2 aromatic rings. The molecule has 0 fully saturated rings. The molecule has 0 unspecified atom stereocenters. The molecule has 2 aromatic carbocycles. The average molecular weight is 338 g/mol. The maximum absolute atomic E-state index is 11.9. The van der Waals surface area contributed by atoms with E-state index in [1.165, 1.54) is 12.1 Å². The SMILES string of the molecule is Cc1cccc(NC(=O)COC(=O)c2cc(Cl)ccc2Cl)c1. The Morgan fingerprint density at radius 2 is 1.91 bits per heavy atom. The lowest BCUT2D eigenvalue weighted by Crippen LogP contribution is -2.21. The molecular weight excluding hydrogens is 325 g/mol. The van der Waals surface area contributed by atoms with E-state index in [4.69, 9.17) is 27.9 Å². The van der Waals surface area contributed by atoms with Crippen LogP contribution >= 0.6 is 23.2 Å². The highest BCUT2D eigenvalue weighted by atomic mass is 35.5. The minimum absolute atomic E-state index is 0.123. The lowest BCUT2D eigenvalue weighted by Gasteiger charge is -2.08. The van der Waals surface area contributed by atoms with Crippen LogP contribution in [0.2, 0.25) is 10.0 Å². The molecule has 0 atom stereocenters. The number of hydrogen-bond donors (Lipinski definition) is 1. The molecule has 0 heterocycles. The van der Waals surface area contributed by atoms with Crippen molar-refractivity contribution in [1.29, 1.82) is 0 Å². The Hall–Kier alpha value is -2.04. The van der Waals surface area contributed by atoms with Crippen LogP contribution in [-0.2, 0) is 9.53 Å². The maximum atomic E-state index is 11.9. The van der Waals surface area contributed by atoms with E-state index in [1.54, 1.807) is 12.1 Å². The summed E-state index contributed by atoms with van der Waals surface area (Å²) in [5.74, 6) is -1.14. The summed E-state index contributed by atoms with van der Waals surface area (Å²) in [5, 5.41) is 3.22. The number of rotatable bonds is 4. The highest BCUT2D eigenvalue weighted by molar-refractivity contribution is 6.35. The number of nitrogens with one attached hydrogen (secondary N) is 1. The van der Waals surface area contributed by atoms with Crippen LogP contribution in [0.1, 0.15) is 15.9 Å². The molecule has 0 spiro atoms. The third-order valence-electron chi connectivity index (χ3n) is 2.78. The molecule has 1 N–H and O–H groups in total. The molecule has 0 aliphatic rings. The van der Waals surface area contributed by atoms with E-state index in [0.717, 1.165) is 5.56 Å². The van der Waals surface area contributed by atoms with Gasteiger partial charge in [-0.3, -0.25) is 4.79 Å². The van der Waals surface area contributed by atoms with E-state index in [1.807, 2.05) is 25.1 Å². The summed E-state index contributed by atoms with van der Waals surface area (Å²) < 4.78 is 4.93. The average Bonchev–Trinajstić information content (AvgIpc) is 2.47. The summed E-state index contributed by atoms with van der Waals surface area (Å²) in [6, 6.07) is 11.7. The number of hydrogen-bond acceptors (Lipinski definition) is 3. The van der Waals surface area contributed by atoms with Gasteiger partial charge in [0.2, 0.25) is 0 Å². The van der Waals surface area contributed by atoms with Gasteiger partial charge in [-0.1, -0.05) is 35.3 Å². The van der Waals surface area contributed by atoms with Crippen molar-refractivity contribution in [2.24, 2.45) is 0 Å². The fourth-order valence-corrected chi connectivity index (χ4v) is 2.15. The van der Waals surface area contributed by atoms with Crippen molar-refractivity contribution in [1.82, 2.24) is 0 Å². The largest absolute Gasteiger partial charge is 0.452 e. The van der Waals surface area contributed by atoms with E-state index in [9.17, 15) is 9.59 Å². The first kappa shape index (κ1) is 16.3. The number of anilines is 1. The first-order valence-corrected chi connectivity index (χ1v) is 7.20. The van der Waals surface area contributed by atoms with E-state index in [2.05, 4.69) is 5.32 Å². The summed E-state index contributed by atoms with van der Waals surface area (Å²) in [6.45, 7) is 1.51. The van der Waals surface area contributed by atoms with Crippen molar-refractivity contribution in [3.63, 3.8) is 0 Å². The molecule has 114 valence electrons. The van der Waals surface area contributed by atoms with E-state index >= 15 is 0 Å². The van der Waals surface area contributed by atoms with Gasteiger partial charge in [0, 0.05) is 10.7 Å². The zero-order chi connectivity index (χ0) is 16.1. The van der Waals surface area contributed by atoms with Crippen molar-refractivity contribution >= 4 is 40.8 Å². The van der Waals surface area contributed by atoms with Crippen LogP contribution < -0.4 is 5.32 Å². The predicted molar refractivity (Wildman–Crippen MR) is 86.6 cm³/mol. The first-order valence-electron chi connectivity index (χ1n) is 6.44. The van der Waals surface area contributed by atoms with Crippen LogP contribution in [0.15, 0.2) is 42.5 Å². The molecule has 0 bridgehead atoms. The number of ether oxygens (including phenoxy) is 1. The number of benzene rings is 2.